The Balaban J connectivity index is 1.67. The Kier molecular flexibility index (Phi) is 5.94. The summed E-state index contributed by atoms with van der Waals surface area (Å²) in [6.07, 6.45) is 0.0653. The van der Waals surface area contributed by atoms with E-state index in [0.717, 1.165) is 0 Å². The molecule has 1 atom stereocenters. The number of phenolic OH excluding ortho intramolecular Hbond substituents is 1. The zero-order valence-electron chi connectivity index (χ0n) is 16.6. The highest BCUT2D eigenvalue weighted by Crippen LogP contribution is 2.38. The highest BCUT2D eigenvalue weighted by Gasteiger charge is 2.31. The van der Waals surface area contributed by atoms with Gasteiger partial charge in [-0.25, -0.2) is 9.37 Å². The van der Waals surface area contributed by atoms with Crippen LogP contribution in [-0.4, -0.2) is 27.6 Å². The number of hydrogen-bond acceptors (Lipinski definition) is 6. The molecule has 0 spiro atoms. The fourth-order valence-electron chi connectivity index (χ4n) is 3.48. The summed E-state index contributed by atoms with van der Waals surface area (Å²) in [4.78, 5) is 32.4. The first-order chi connectivity index (χ1) is 15.0. The van der Waals surface area contributed by atoms with E-state index in [1.165, 1.54) is 23.9 Å². The van der Waals surface area contributed by atoms with E-state index in [1.807, 2.05) is 0 Å². The van der Waals surface area contributed by atoms with E-state index in [9.17, 15) is 19.1 Å². The second-order valence-corrected chi connectivity index (χ2v) is 7.94. The minimum absolute atomic E-state index is 0.0157. The first kappa shape index (κ1) is 20.9. The van der Waals surface area contributed by atoms with Crippen LogP contribution in [0, 0.1) is 5.82 Å². The summed E-state index contributed by atoms with van der Waals surface area (Å²) in [6, 6.07) is 11.2. The van der Waals surface area contributed by atoms with E-state index in [2.05, 4.69) is 15.3 Å². The van der Waals surface area contributed by atoms with Gasteiger partial charge in [0.15, 0.2) is 16.7 Å². The minimum atomic E-state index is -0.537. The van der Waals surface area contributed by atoms with Crippen LogP contribution in [0.2, 0.25) is 0 Å². The van der Waals surface area contributed by atoms with E-state index >= 15 is 0 Å². The molecule has 0 aliphatic carbocycles. The Morgan fingerprint density at radius 2 is 2.06 bits per heavy atom. The normalized spacial score (nSPS) is 15.3. The number of nitrogens with zero attached hydrogens (tertiary/aromatic N) is 1. The largest absolute Gasteiger partial charge is 0.504 e. The monoisotopic (exact) mass is 441 g/mol. The van der Waals surface area contributed by atoms with Gasteiger partial charge in [0.25, 0.3) is 5.56 Å². The van der Waals surface area contributed by atoms with Gasteiger partial charge in [-0.1, -0.05) is 36.0 Å². The molecular formula is C22H20FN3O4S. The molecule has 0 saturated carbocycles. The lowest BCUT2D eigenvalue weighted by Gasteiger charge is -2.25. The van der Waals surface area contributed by atoms with Crippen molar-refractivity contribution in [1.29, 1.82) is 0 Å². The molecule has 0 radical (unpaired) electrons. The number of halogens is 1. The topological polar surface area (TPSA) is 104 Å². The van der Waals surface area contributed by atoms with Crippen LogP contribution in [-0.2, 0) is 10.5 Å². The average Bonchev–Trinajstić information content (AvgIpc) is 2.74. The van der Waals surface area contributed by atoms with E-state index in [0.29, 0.717) is 23.3 Å². The number of H-pyrrole nitrogens is 1. The van der Waals surface area contributed by atoms with Crippen molar-refractivity contribution in [3.05, 3.63) is 75.3 Å². The Morgan fingerprint density at radius 3 is 2.84 bits per heavy atom. The Labute approximate surface area is 181 Å². The number of amides is 1. The average molecular weight is 441 g/mol. The zero-order valence-corrected chi connectivity index (χ0v) is 17.5. The van der Waals surface area contributed by atoms with Crippen molar-refractivity contribution in [3.8, 4) is 11.5 Å². The van der Waals surface area contributed by atoms with Gasteiger partial charge >= 0.3 is 0 Å². The maximum atomic E-state index is 13.9. The van der Waals surface area contributed by atoms with Gasteiger partial charge in [0.2, 0.25) is 5.91 Å². The predicted molar refractivity (Wildman–Crippen MR) is 115 cm³/mol. The van der Waals surface area contributed by atoms with E-state index in [1.54, 1.807) is 37.3 Å². The fraction of sp³-hybridized carbons (Fsp3) is 0.227. The van der Waals surface area contributed by atoms with Crippen LogP contribution in [0.15, 0.2) is 52.4 Å². The molecule has 0 saturated heterocycles. The number of aromatic hydroxyl groups is 1. The van der Waals surface area contributed by atoms with Crippen LogP contribution in [0.1, 0.15) is 36.0 Å². The highest BCUT2D eigenvalue weighted by molar-refractivity contribution is 7.98. The molecule has 0 fully saturated rings. The smallest absolute Gasteiger partial charge is 0.257 e. The van der Waals surface area contributed by atoms with Crippen LogP contribution in [0.3, 0.4) is 0 Å². The van der Waals surface area contributed by atoms with Gasteiger partial charge in [-0.3, -0.25) is 9.59 Å². The van der Waals surface area contributed by atoms with Crippen molar-refractivity contribution in [2.75, 3.05) is 11.9 Å². The zero-order chi connectivity index (χ0) is 22.0. The maximum Gasteiger partial charge on any atom is 0.257 e. The van der Waals surface area contributed by atoms with Crippen molar-refractivity contribution in [2.45, 2.75) is 30.2 Å². The first-order valence-electron chi connectivity index (χ1n) is 9.72. The SMILES string of the molecule is CCOc1cc(C2CC(=O)Nc3nc(SCc4ccccc4F)[nH]c(=O)c32)ccc1O. The number of aromatic nitrogens is 2. The third-order valence-corrected chi connectivity index (χ3v) is 5.86. The van der Waals surface area contributed by atoms with E-state index in [-0.39, 0.29) is 51.9 Å². The van der Waals surface area contributed by atoms with Gasteiger partial charge in [0, 0.05) is 18.1 Å². The molecule has 2 aromatic carbocycles. The molecule has 1 aromatic heterocycles. The van der Waals surface area contributed by atoms with Crippen LogP contribution < -0.4 is 15.6 Å². The lowest BCUT2D eigenvalue weighted by molar-refractivity contribution is -0.116. The molecule has 1 unspecified atom stereocenters. The number of aromatic amines is 1. The number of fused-ring (bicyclic) bond motifs is 1. The van der Waals surface area contributed by atoms with Crippen LogP contribution in [0.5, 0.6) is 11.5 Å². The molecule has 31 heavy (non-hydrogen) atoms. The van der Waals surface area contributed by atoms with Crippen molar-refractivity contribution >= 4 is 23.5 Å². The second kappa shape index (κ2) is 8.81. The maximum absolute atomic E-state index is 13.9. The van der Waals surface area contributed by atoms with Gasteiger partial charge < -0.3 is 20.1 Å². The summed E-state index contributed by atoms with van der Waals surface area (Å²) >= 11 is 1.17. The number of thioether (sulfide) groups is 1. The molecule has 1 aliphatic rings. The van der Waals surface area contributed by atoms with Gasteiger partial charge in [0.1, 0.15) is 11.6 Å². The Hall–Kier alpha value is -3.33. The summed E-state index contributed by atoms with van der Waals surface area (Å²) in [5.41, 5.74) is 1.11. The number of anilines is 1. The molecule has 9 heteroatoms. The van der Waals surface area contributed by atoms with Crippen molar-refractivity contribution < 1.29 is 19.0 Å². The minimum Gasteiger partial charge on any atom is -0.504 e. The number of carbonyl (C=O) groups is 1. The molecule has 7 nitrogen and oxygen atoms in total. The third-order valence-electron chi connectivity index (χ3n) is 4.94. The lowest BCUT2D eigenvalue weighted by atomic mass is 9.86. The molecular weight excluding hydrogens is 421 g/mol. The van der Waals surface area contributed by atoms with E-state index < -0.39 is 5.92 Å². The van der Waals surface area contributed by atoms with Crippen molar-refractivity contribution in [3.63, 3.8) is 0 Å². The number of hydrogen-bond donors (Lipinski definition) is 3. The molecule has 4 rings (SSSR count). The Bertz CT molecular complexity index is 1200. The molecule has 3 aromatic rings. The molecule has 2 heterocycles. The predicted octanol–water partition coefficient (Wildman–Crippen LogP) is 3.78. The van der Waals surface area contributed by atoms with Crippen LogP contribution in [0.25, 0.3) is 0 Å². The number of ether oxygens (including phenoxy) is 1. The standard InChI is InChI=1S/C22H20FN3O4S/c1-2-30-17-9-12(7-8-16(17)27)14-10-18(28)24-20-19(14)21(29)26-22(25-20)31-11-13-5-3-4-6-15(13)23/h3-9,14,27H,2,10-11H2,1H3,(H2,24,25,26,28,29). The fourth-order valence-corrected chi connectivity index (χ4v) is 4.33. The second-order valence-electron chi connectivity index (χ2n) is 6.98. The Morgan fingerprint density at radius 1 is 1.26 bits per heavy atom. The third kappa shape index (κ3) is 4.41. The van der Waals surface area contributed by atoms with Gasteiger partial charge in [-0.15, -0.1) is 0 Å². The number of carbonyl (C=O) groups excluding carboxylic acids is 1. The molecule has 3 N–H and O–H groups in total. The molecule has 1 aliphatic heterocycles. The van der Waals surface area contributed by atoms with Gasteiger partial charge in [0.05, 0.1) is 12.2 Å². The molecule has 160 valence electrons. The summed E-state index contributed by atoms with van der Waals surface area (Å²) in [5.74, 6) is -0.404. The lowest BCUT2D eigenvalue weighted by Crippen LogP contribution is -2.31. The van der Waals surface area contributed by atoms with E-state index in [4.69, 9.17) is 4.74 Å². The summed E-state index contributed by atoms with van der Waals surface area (Å²) in [7, 11) is 0. The number of rotatable bonds is 6. The van der Waals surface area contributed by atoms with Gasteiger partial charge in [-0.2, -0.15) is 0 Å². The quantitative estimate of drug-likeness (QED) is 0.397. The summed E-state index contributed by atoms with van der Waals surface area (Å²) < 4.78 is 19.3. The number of nitrogens with one attached hydrogen (secondary N) is 2. The summed E-state index contributed by atoms with van der Waals surface area (Å²) in [5, 5.41) is 12.9. The molecule has 1 amide bonds. The number of phenols is 1. The van der Waals surface area contributed by atoms with Crippen LogP contribution >= 0.6 is 11.8 Å². The van der Waals surface area contributed by atoms with Crippen LogP contribution in [0.4, 0.5) is 10.2 Å². The highest BCUT2D eigenvalue weighted by atomic mass is 32.2. The summed E-state index contributed by atoms with van der Waals surface area (Å²) in [6.45, 7) is 2.16. The number of benzene rings is 2. The first-order valence-corrected chi connectivity index (χ1v) is 10.7. The molecule has 0 bridgehead atoms. The van der Waals surface area contributed by atoms with Gasteiger partial charge in [-0.05, 0) is 36.2 Å². The van der Waals surface area contributed by atoms with Crippen molar-refractivity contribution in [2.24, 2.45) is 0 Å². The van der Waals surface area contributed by atoms with Crippen molar-refractivity contribution in [1.82, 2.24) is 9.97 Å².